The van der Waals surface area contributed by atoms with Crippen molar-refractivity contribution in [2.75, 3.05) is 13.2 Å². The van der Waals surface area contributed by atoms with Crippen LogP contribution in [0.5, 0.6) is 0 Å². The number of fused-ring (bicyclic) bond motifs is 3. The molecule has 3 heterocycles. The first-order valence-electron chi connectivity index (χ1n) is 7.15. The lowest BCUT2D eigenvalue weighted by Crippen LogP contribution is -2.32. The van der Waals surface area contributed by atoms with Gasteiger partial charge in [-0.3, -0.25) is 4.79 Å². The molecule has 1 fully saturated rings. The number of nitrogens with one attached hydrogen (secondary N) is 1. The van der Waals surface area contributed by atoms with E-state index in [1.807, 2.05) is 24.3 Å². The van der Waals surface area contributed by atoms with Gasteiger partial charge in [0.1, 0.15) is 0 Å². The lowest BCUT2D eigenvalue weighted by atomic mass is 9.92. The maximum atomic E-state index is 12.2. The topological polar surface area (TPSA) is 51.3 Å². The number of H-pyrrole nitrogens is 1. The Labute approximate surface area is 116 Å². The molecule has 0 spiro atoms. The third-order valence-corrected chi connectivity index (χ3v) is 4.46. The van der Waals surface area contributed by atoms with E-state index < -0.39 is 0 Å². The summed E-state index contributed by atoms with van der Waals surface area (Å²) in [5.74, 6) is 0.457. The molecule has 4 rings (SSSR count). The fraction of sp³-hybridized carbons (Fsp3) is 0.438. The molecule has 4 nitrogen and oxygen atoms in total. The molecule has 2 aromatic rings. The van der Waals surface area contributed by atoms with Gasteiger partial charge in [0.2, 0.25) is 0 Å². The van der Waals surface area contributed by atoms with Gasteiger partial charge in [0, 0.05) is 35.6 Å². The van der Waals surface area contributed by atoms with Gasteiger partial charge >= 0.3 is 0 Å². The van der Waals surface area contributed by atoms with Gasteiger partial charge in [0.05, 0.1) is 19.3 Å². The molecule has 20 heavy (non-hydrogen) atoms. The number of hydrogen-bond donors (Lipinski definition) is 1. The Kier molecular flexibility index (Phi) is 2.86. The van der Waals surface area contributed by atoms with Crippen molar-refractivity contribution < 1.29 is 9.47 Å². The first-order chi connectivity index (χ1) is 9.83. The van der Waals surface area contributed by atoms with Crippen LogP contribution >= 0.6 is 0 Å². The zero-order chi connectivity index (χ0) is 13.5. The van der Waals surface area contributed by atoms with E-state index in [2.05, 4.69) is 4.98 Å². The van der Waals surface area contributed by atoms with Crippen molar-refractivity contribution >= 4 is 10.8 Å². The van der Waals surface area contributed by atoms with Crippen LogP contribution in [0.15, 0.2) is 29.1 Å². The number of ether oxygens (including phenoxy) is 2. The molecule has 0 radical (unpaired) electrons. The number of rotatable bonds is 1. The maximum Gasteiger partial charge on any atom is 0.256 e. The molecule has 2 unspecified atom stereocenters. The van der Waals surface area contributed by atoms with Crippen LogP contribution in [0.25, 0.3) is 10.8 Å². The predicted octanol–water partition coefficient (Wildman–Crippen LogP) is 2.01. The Hall–Kier alpha value is -1.65. The number of pyridine rings is 1. The summed E-state index contributed by atoms with van der Waals surface area (Å²) in [5.41, 5.74) is 2.18. The first-order valence-corrected chi connectivity index (χ1v) is 7.15. The maximum absolute atomic E-state index is 12.2. The monoisotopic (exact) mass is 271 g/mol. The Morgan fingerprint density at radius 2 is 2.05 bits per heavy atom. The fourth-order valence-corrected chi connectivity index (χ4v) is 3.32. The molecule has 1 N–H and O–H groups in total. The molecule has 0 aliphatic carbocycles. The minimum atomic E-state index is 0.00247. The minimum absolute atomic E-state index is 0.00247. The van der Waals surface area contributed by atoms with Gasteiger partial charge < -0.3 is 14.5 Å². The van der Waals surface area contributed by atoms with Crippen LogP contribution in [0.3, 0.4) is 0 Å². The van der Waals surface area contributed by atoms with Crippen molar-refractivity contribution in [1.29, 1.82) is 0 Å². The van der Waals surface area contributed by atoms with Crippen molar-refractivity contribution in [2.24, 2.45) is 5.92 Å². The second-order valence-electron chi connectivity index (χ2n) is 5.63. The van der Waals surface area contributed by atoms with Crippen molar-refractivity contribution in [3.05, 3.63) is 45.9 Å². The third-order valence-electron chi connectivity index (χ3n) is 4.46. The van der Waals surface area contributed by atoms with Crippen LogP contribution in [0.4, 0.5) is 0 Å². The van der Waals surface area contributed by atoms with E-state index in [9.17, 15) is 4.79 Å². The van der Waals surface area contributed by atoms with E-state index in [1.54, 1.807) is 0 Å². The Balaban J connectivity index is 1.76. The van der Waals surface area contributed by atoms with Crippen LogP contribution in [0.1, 0.15) is 17.7 Å². The number of benzene rings is 1. The standard InChI is InChI=1S/C16H17NO3/c18-16-12-4-2-1-3-11(12)13-9-20-15(7-14(13)17-16)10-5-6-19-8-10/h1-4,10,15H,5-9H2,(H,17,18). The smallest absolute Gasteiger partial charge is 0.256 e. The summed E-state index contributed by atoms with van der Waals surface area (Å²) in [6.07, 6.45) is 2.00. The highest BCUT2D eigenvalue weighted by atomic mass is 16.5. The Morgan fingerprint density at radius 3 is 2.85 bits per heavy atom. The average molecular weight is 271 g/mol. The quantitative estimate of drug-likeness (QED) is 0.863. The summed E-state index contributed by atoms with van der Waals surface area (Å²) in [7, 11) is 0. The van der Waals surface area contributed by atoms with Gasteiger partial charge in [0.25, 0.3) is 5.56 Å². The molecule has 1 aromatic carbocycles. The Bertz CT molecular complexity index is 700. The van der Waals surface area contributed by atoms with E-state index in [1.165, 1.54) is 0 Å². The second-order valence-corrected chi connectivity index (χ2v) is 5.63. The lowest BCUT2D eigenvalue weighted by Gasteiger charge is -2.29. The first kappa shape index (κ1) is 12.1. The van der Waals surface area contributed by atoms with E-state index in [4.69, 9.17) is 9.47 Å². The molecule has 104 valence electrons. The van der Waals surface area contributed by atoms with Gasteiger partial charge in [-0.25, -0.2) is 0 Å². The van der Waals surface area contributed by atoms with E-state index in [-0.39, 0.29) is 11.7 Å². The van der Waals surface area contributed by atoms with Crippen molar-refractivity contribution in [1.82, 2.24) is 4.98 Å². The van der Waals surface area contributed by atoms with Gasteiger partial charge in [-0.1, -0.05) is 18.2 Å². The lowest BCUT2D eigenvalue weighted by molar-refractivity contribution is -0.0127. The normalized spacial score (nSPS) is 25.8. The van der Waals surface area contributed by atoms with Crippen LogP contribution in [0, 0.1) is 5.92 Å². The highest BCUT2D eigenvalue weighted by Crippen LogP contribution is 2.30. The van der Waals surface area contributed by atoms with Gasteiger partial charge in [0.15, 0.2) is 0 Å². The molecule has 0 saturated carbocycles. The zero-order valence-corrected chi connectivity index (χ0v) is 11.2. The molecule has 2 atom stereocenters. The number of aromatic amines is 1. The van der Waals surface area contributed by atoms with Crippen molar-refractivity contribution in [3.63, 3.8) is 0 Å². The molecule has 1 aromatic heterocycles. The minimum Gasteiger partial charge on any atom is -0.381 e. The second kappa shape index (κ2) is 4.72. The van der Waals surface area contributed by atoms with Crippen LogP contribution in [0.2, 0.25) is 0 Å². The molecule has 2 aliphatic heterocycles. The summed E-state index contributed by atoms with van der Waals surface area (Å²) < 4.78 is 11.5. The van der Waals surface area contributed by atoms with Crippen LogP contribution < -0.4 is 5.56 Å². The summed E-state index contributed by atoms with van der Waals surface area (Å²) in [6.45, 7) is 2.18. The van der Waals surface area contributed by atoms with Crippen LogP contribution in [-0.2, 0) is 22.5 Å². The predicted molar refractivity (Wildman–Crippen MR) is 75.8 cm³/mol. The zero-order valence-electron chi connectivity index (χ0n) is 11.2. The van der Waals surface area contributed by atoms with Gasteiger partial charge in [-0.2, -0.15) is 0 Å². The highest BCUT2D eigenvalue weighted by Gasteiger charge is 2.31. The summed E-state index contributed by atoms with van der Waals surface area (Å²) in [5, 5.41) is 1.77. The molecule has 2 aliphatic rings. The molecule has 4 heteroatoms. The van der Waals surface area contributed by atoms with Crippen molar-refractivity contribution in [3.8, 4) is 0 Å². The van der Waals surface area contributed by atoms with Crippen LogP contribution in [-0.4, -0.2) is 24.3 Å². The summed E-state index contributed by atoms with van der Waals surface area (Å²) in [4.78, 5) is 15.2. The molecule has 0 bridgehead atoms. The molecular formula is C16H17NO3. The molecule has 1 saturated heterocycles. The molecular weight excluding hydrogens is 254 g/mol. The molecule has 0 amide bonds. The van der Waals surface area contributed by atoms with Gasteiger partial charge in [-0.05, 0) is 17.9 Å². The third kappa shape index (κ3) is 1.87. The number of aromatic nitrogens is 1. The van der Waals surface area contributed by atoms with Crippen molar-refractivity contribution in [2.45, 2.75) is 25.6 Å². The average Bonchev–Trinajstić information content (AvgIpc) is 3.01. The highest BCUT2D eigenvalue weighted by molar-refractivity contribution is 5.85. The van der Waals surface area contributed by atoms with E-state index in [0.29, 0.717) is 12.5 Å². The Morgan fingerprint density at radius 1 is 1.20 bits per heavy atom. The van der Waals surface area contributed by atoms with E-state index >= 15 is 0 Å². The largest absolute Gasteiger partial charge is 0.381 e. The SMILES string of the molecule is O=c1[nH]c2c(c3ccccc13)COC(C1CCOC1)C2. The summed E-state index contributed by atoms with van der Waals surface area (Å²) >= 11 is 0. The van der Waals surface area contributed by atoms with E-state index in [0.717, 1.165) is 48.1 Å². The van der Waals surface area contributed by atoms with Gasteiger partial charge in [-0.15, -0.1) is 0 Å². The number of hydrogen-bond acceptors (Lipinski definition) is 3. The summed E-state index contributed by atoms with van der Waals surface area (Å²) in [6, 6.07) is 7.74. The fourth-order valence-electron chi connectivity index (χ4n) is 3.32.